The molecule has 2 aliphatic rings. The molecular weight excluding hydrogens is 270 g/mol. The van der Waals surface area contributed by atoms with E-state index in [2.05, 4.69) is 23.7 Å². The summed E-state index contributed by atoms with van der Waals surface area (Å²) in [6, 6.07) is 7.92. The third-order valence-electron chi connectivity index (χ3n) is 4.63. The normalized spacial score (nSPS) is 28.8. The quantitative estimate of drug-likeness (QED) is 0.855. The zero-order chi connectivity index (χ0) is 14.4. The highest BCUT2D eigenvalue weighted by Gasteiger charge is 2.48. The number of rotatable bonds is 1. The van der Waals surface area contributed by atoms with Gasteiger partial charge in [0, 0.05) is 10.7 Å². The van der Waals surface area contributed by atoms with Gasteiger partial charge in [-0.3, -0.25) is 4.99 Å². The molecule has 2 N–H and O–H groups in total. The van der Waals surface area contributed by atoms with Crippen molar-refractivity contribution in [3.05, 3.63) is 29.3 Å². The lowest BCUT2D eigenvalue weighted by molar-refractivity contribution is 0.163. The summed E-state index contributed by atoms with van der Waals surface area (Å²) in [4.78, 5) is 6.79. The summed E-state index contributed by atoms with van der Waals surface area (Å²) in [6.07, 6.45) is 4.80. The van der Waals surface area contributed by atoms with Crippen LogP contribution in [0.15, 0.2) is 29.3 Å². The number of aliphatic imine (C=N–C) groups is 1. The average molecular weight is 292 g/mol. The zero-order valence-corrected chi connectivity index (χ0v) is 13.0. The van der Waals surface area contributed by atoms with Crippen molar-refractivity contribution >= 4 is 23.2 Å². The van der Waals surface area contributed by atoms with E-state index in [9.17, 15) is 0 Å². The Bertz CT molecular complexity index is 535. The van der Waals surface area contributed by atoms with Crippen molar-refractivity contribution in [3.63, 3.8) is 0 Å². The van der Waals surface area contributed by atoms with E-state index in [1.807, 2.05) is 24.3 Å². The molecule has 1 aromatic rings. The van der Waals surface area contributed by atoms with E-state index in [1.165, 1.54) is 12.8 Å². The third kappa shape index (κ3) is 2.28. The number of hydrogen-bond acceptors (Lipinski definition) is 3. The number of hydrogen-bond donors (Lipinski definition) is 1. The third-order valence-corrected chi connectivity index (χ3v) is 4.88. The molecule has 1 aliphatic carbocycles. The van der Waals surface area contributed by atoms with E-state index in [1.54, 1.807) is 0 Å². The SMILES string of the molecule is CC1(C)CCCC2(CN=C(N)N2c2ccc(Cl)cc2)C1. The summed E-state index contributed by atoms with van der Waals surface area (Å²) in [5.74, 6) is 0.644. The van der Waals surface area contributed by atoms with E-state index in [0.29, 0.717) is 11.4 Å². The molecule has 0 radical (unpaired) electrons. The Hall–Kier alpha value is -1.22. The van der Waals surface area contributed by atoms with Crippen LogP contribution >= 0.6 is 11.6 Å². The second-order valence-electron chi connectivity index (χ2n) is 6.91. The van der Waals surface area contributed by atoms with Crippen LogP contribution in [0.5, 0.6) is 0 Å². The van der Waals surface area contributed by atoms with Gasteiger partial charge in [-0.2, -0.15) is 0 Å². The highest BCUT2D eigenvalue weighted by Crippen LogP contribution is 2.47. The molecule has 1 aromatic carbocycles. The number of guanidine groups is 1. The number of nitrogens with two attached hydrogens (primary N) is 1. The maximum Gasteiger partial charge on any atom is 0.196 e. The van der Waals surface area contributed by atoms with Gasteiger partial charge in [0.25, 0.3) is 0 Å². The van der Waals surface area contributed by atoms with Crippen molar-refractivity contribution in [2.24, 2.45) is 16.1 Å². The van der Waals surface area contributed by atoms with E-state index >= 15 is 0 Å². The van der Waals surface area contributed by atoms with Gasteiger partial charge in [-0.25, -0.2) is 0 Å². The molecule has 0 saturated heterocycles. The Kier molecular flexibility index (Phi) is 3.20. The van der Waals surface area contributed by atoms with Gasteiger partial charge < -0.3 is 10.6 Å². The first-order chi connectivity index (χ1) is 9.42. The van der Waals surface area contributed by atoms with Crippen LogP contribution in [0.2, 0.25) is 5.02 Å². The molecule has 1 aliphatic heterocycles. The summed E-state index contributed by atoms with van der Waals surface area (Å²) >= 11 is 6.00. The number of benzene rings is 1. The van der Waals surface area contributed by atoms with Gasteiger partial charge in [0.15, 0.2) is 5.96 Å². The average Bonchev–Trinajstić information content (AvgIpc) is 2.66. The predicted molar refractivity (Wildman–Crippen MR) is 85.4 cm³/mol. The van der Waals surface area contributed by atoms with Crippen molar-refractivity contribution in [1.29, 1.82) is 0 Å². The van der Waals surface area contributed by atoms with E-state index in [0.717, 1.165) is 30.1 Å². The Morgan fingerprint density at radius 1 is 1.20 bits per heavy atom. The topological polar surface area (TPSA) is 41.6 Å². The minimum absolute atomic E-state index is 0.0552. The Balaban J connectivity index is 1.97. The van der Waals surface area contributed by atoms with Gasteiger partial charge in [0.05, 0.1) is 12.1 Å². The molecule has 0 aromatic heterocycles. The van der Waals surface area contributed by atoms with Gasteiger partial charge in [-0.05, 0) is 48.9 Å². The van der Waals surface area contributed by atoms with Crippen molar-refractivity contribution in [3.8, 4) is 0 Å². The smallest absolute Gasteiger partial charge is 0.196 e. The van der Waals surface area contributed by atoms with Crippen molar-refractivity contribution in [2.45, 2.75) is 45.1 Å². The van der Waals surface area contributed by atoms with E-state index < -0.39 is 0 Å². The molecule has 0 bridgehead atoms. The van der Waals surface area contributed by atoms with E-state index in [-0.39, 0.29) is 5.54 Å². The summed E-state index contributed by atoms with van der Waals surface area (Å²) in [7, 11) is 0. The highest BCUT2D eigenvalue weighted by atomic mass is 35.5. The summed E-state index contributed by atoms with van der Waals surface area (Å²) in [5, 5.41) is 0.751. The molecule has 1 heterocycles. The summed E-state index contributed by atoms with van der Waals surface area (Å²) < 4.78 is 0. The van der Waals surface area contributed by atoms with Crippen LogP contribution in [0.25, 0.3) is 0 Å². The van der Waals surface area contributed by atoms with Crippen molar-refractivity contribution < 1.29 is 0 Å². The van der Waals surface area contributed by atoms with Crippen LogP contribution in [-0.2, 0) is 0 Å². The first-order valence-corrected chi connectivity index (χ1v) is 7.66. The maximum atomic E-state index is 6.19. The number of halogens is 1. The fraction of sp³-hybridized carbons (Fsp3) is 0.562. The Labute approximate surface area is 125 Å². The fourth-order valence-electron chi connectivity index (χ4n) is 3.90. The van der Waals surface area contributed by atoms with Crippen LogP contribution in [0.3, 0.4) is 0 Å². The molecule has 1 saturated carbocycles. The second-order valence-corrected chi connectivity index (χ2v) is 7.34. The standard InChI is InChI=1S/C16H22ClN3/c1-15(2)8-3-9-16(10-15)11-19-14(18)20(16)13-6-4-12(17)5-7-13/h4-7H,3,8-11H2,1-2H3,(H2,18,19). The first-order valence-electron chi connectivity index (χ1n) is 7.28. The van der Waals surface area contributed by atoms with Crippen molar-refractivity contribution in [1.82, 2.24) is 0 Å². The number of nitrogens with zero attached hydrogens (tertiary/aromatic N) is 2. The van der Waals surface area contributed by atoms with Crippen molar-refractivity contribution in [2.75, 3.05) is 11.4 Å². The van der Waals surface area contributed by atoms with Gasteiger partial charge in [-0.15, -0.1) is 0 Å². The monoisotopic (exact) mass is 291 g/mol. The minimum Gasteiger partial charge on any atom is -0.369 e. The Morgan fingerprint density at radius 2 is 1.90 bits per heavy atom. The molecule has 1 fully saturated rings. The lowest BCUT2D eigenvalue weighted by atomic mass is 9.67. The molecule has 1 spiro atoms. The Morgan fingerprint density at radius 3 is 2.55 bits per heavy atom. The van der Waals surface area contributed by atoms with Crippen LogP contribution in [0, 0.1) is 5.41 Å². The van der Waals surface area contributed by atoms with Gasteiger partial charge in [0.1, 0.15) is 0 Å². The second kappa shape index (κ2) is 4.66. The fourth-order valence-corrected chi connectivity index (χ4v) is 4.02. The first kappa shape index (κ1) is 13.7. The molecule has 3 nitrogen and oxygen atoms in total. The minimum atomic E-state index is 0.0552. The lowest BCUT2D eigenvalue weighted by Crippen LogP contribution is -2.55. The molecule has 108 valence electrons. The lowest BCUT2D eigenvalue weighted by Gasteiger charge is -2.48. The van der Waals surface area contributed by atoms with Gasteiger partial charge in [-0.1, -0.05) is 31.9 Å². The maximum absolute atomic E-state index is 6.19. The van der Waals surface area contributed by atoms with Gasteiger partial charge >= 0.3 is 0 Å². The molecule has 1 atom stereocenters. The summed E-state index contributed by atoms with van der Waals surface area (Å²) in [5.41, 5.74) is 7.69. The molecule has 1 unspecified atom stereocenters. The highest BCUT2D eigenvalue weighted by molar-refractivity contribution is 6.30. The molecule has 20 heavy (non-hydrogen) atoms. The summed E-state index contributed by atoms with van der Waals surface area (Å²) in [6.45, 7) is 5.51. The molecule has 4 heteroatoms. The zero-order valence-electron chi connectivity index (χ0n) is 12.2. The molecular formula is C16H22ClN3. The van der Waals surface area contributed by atoms with Gasteiger partial charge in [0.2, 0.25) is 0 Å². The molecule has 3 rings (SSSR count). The van der Waals surface area contributed by atoms with Crippen LogP contribution in [0.1, 0.15) is 39.5 Å². The number of anilines is 1. The predicted octanol–water partition coefficient (Wildman–Crippen LogP) is 3.81. The molecule has 0 amide bonds. The van der Waals surface area contributed by atoms with Crippen LogP contribution < -0.4 is 10.6 Å². The largest absolute Gasteiger partial charge is 0.369 e. The van der Waals surface area contributed by atoms with E-state index in [4.69, 9.17) is 17.3 Å². The van der Waals surface area contributed by atoms with Crippen LogP contribution in [-0.4, -0.2) is 18.0 Å². The van der Waals surface area contributed by atoms with Crippen LogP contribution in [0.4, 0.5) is 5.69 Å².